The van der Waals surface area contributed by atoms with Crippen LogP contribution >= 0.6 is 0 Å². The van der Waals surface area contributed by atoms with Gasteiger partial charge in [-0.3, -0.25) is 4.79 Å². The van der Waals surface area contributed by atoms with E-state index in [2.05, 4.69) is 9.47 Å². The van der Waals surface area contributed by atoms with E-state index in [-0.39, 0.29) is 12.7 Å². The molecule has 0 spiro atoms. The van der Waals surface area contributed by atoms with Gasteiger partial charge in [0.05, 0.1) is 19.3 Å². The summed E-state index contributed by atoms with van der Waals surface area (Å²) in [6.45, 7) is 3.01. The molecule has 0 bridgehead atoms. The van der Waals surface area contributed by atoms with Gasteiger partial charge in [-0.2, -0.15) is 8.78 Å². The molecule has 0 aromatic heterocycles. The zero-order valence-electron chi connectivity index (χ0n) is 11.4. The highest BCUT2D eigenvalue weighted by Crippen LogP contribution is 2.24. The lowest BCUT2D eigenvalue weighted by atomic mass is 10.4. The molecule has 20 heavy (non-hydrogen) atoms. The summed E-state index contributed by atoms with van der Waals surface area (Å²) < 4.78 is 67.3. The Bertz CT molecular complexity index is 286. The lowest BCUT2D eigenvalue weighted by Gasteiger charge is -2.22. The van der Waals surface area contributed by atoms with Crippen LogP contribution in [0.15, 0.2) is 0 Å². The Morgan fingerprint density at radius 2 is 1.75 bits per heavy atom. The van der Waals surface area contributed by atoms with Crippen LogP contribution in [0.25, 0.3) is 0 Å². The maximum atomic E-state index is 12.6. The monoisotopic (exact) mass is 306 g/mol. The van der Waals surface area contributed by atoms with Crippen LogP contribution in [0, 0.1) is 0 Å². The largest absolute Gasteiger partial charge is 0.439 e. The summed E-state index contributed by atoms with van der Waals surface area (Å²) in [6, 6.07) is 0. The van der Waals surface area contributed by atoms with E-state index in [0.717, 1.165) is 6.92 Å². The molecule has 0 N–H and O–H groups in total. The summed E-state index contributed by atoms with van der Waals surface area (Å²) in [5, 5.41) is 0. The zero-order valence-corrected chi connectivity index (χ0v) is 11.4. The van der Waals surface area contributed by atoms with Gasteiger partial charge in [0.25, 0.3) is 0 Å². The SMILES string of the molecule is CC(=O)OCOC(COC(C)C)COC(F)(F)C(F)F. The van der Waals surface area contributed by atoms with Crippen molar-refractivity contribution in [3.05, 3.63) is 0 Å². The molecular formula is C11H18F4O5. The first-order valence-corrected chi connectivity index (χ1v) is 5.81. The fraction of sp³-hybridized carbons (Fsp3) is 0.909. The zero-order chi connectivity index (χ0) is 15.8. The number of halogens is 4. The first kappa shape index (κ1) is 19.1. The summed E-state index contributed by atoms with van der Waals surface area (Å²) in [5.74, 6) is -0.632. The summed E-state index contributed by atoms with van der Waals surface area (Å²) in [6.07, 6.45) is -9.80. The summed E-state index contributed by atoms with van der Waals surface area (Å²) in [5.41, 5.74) is 0. The second-order valence-corrected chi connectivity index (χ2v) is 4.10. The van der Waals surface area contributed by atoms with E-state index in [4.69, 9.17) is 9.47 Å². The van der Waals surface area contributed by atoms with Gasteiger partial charge in [0.2, 0.25) is 0 Å². The quantitative estimate of drug-likeness (QED) is 0.352. The second kappa shape index (κ2) is 9.09. The highest BCUT2D eigenvalue weighted by atomic mass is 19.3. The summed E-state index contributed by atoms with van der Waals surface area (Å²) >= 11 is 0. The maximum absolute atomic E-state index is 12.6. The Kier molecular flexibility index (Phi) is 8.67. The molecule has 0 radical (unpaired) electrons. The molecule has 0 fully saturated rings. The van der Waals surface area contributed by atoms with Crippen LogP contribution in [-0.4, -0.2) is 50.7 Å². The molecular weight excluding hydrogens is 288 g/mol. The minimum Gasteiger partial charge on any atom is -0.439 e. The molecule has 0 heterocycles. The lowest BCUT2D eigenvalue weighted by molar-refractivity contribution is -0.311. The van der Waals surface area contributed by atoms with E-state index in [9.17, 15) is 22.4 Å². The van der Waals surface area contributed by atoms with Gasteiger partial charge < -0.3 is 18.9 Å². The molecule has 1 unspecified atom stereocenters. The van der Waals surface area contributed by atoms with E-state index in [1.54, 1.807) is 13.8 Å². The molecule has 0 aliphatic rings. The van der Waals surface area contributed by atoms with Crippen LogP contribution in [0.2, 0.25) is 0 Å². The highest BCUT2D eigenvalue weighted by molar-refractivity contribution is 5.65. The Hall–Kier alpha value is -0.930. The third-order valence-electron chi connectivity index (χ3n) is 1.90. The molecule has 0 aliphatic carbocycles. The maximum Gasteiger partial charge on any atom is 0.416 e. The first-order chi connectivity index (χ1) is 9.15. The third kappa shape index (κ3) is 9.05. The van der Waals surface area contributed by atoms with E-state index in [0.29, 0.717) is 0 Å². The molecule has 0 saturated heterocycles. The predicted molar refractivity (Wildman–Crippen MR) is 59.5 cm³/mol. The van der Waals surface area contributed by atoms with Crippen molar-refractivity contribution in [3.63, 3.8) is 0 Å². The topological polar surface area (TPSA) is 54.0 Å². The van der Waals surface area contributed by atoms with Gasteiger partial charge in [-0.15, -0.1) is 0 Å². The molecule has 0 saturated carbocycles. The van der Waals surface area contributed by atoms with E-state index >= 15 is 0 Å². The minimum absolute atomic E-state index is 0.168. The van der Waals surface area contributed by atoms with Crippen molar-refractivity contribution >= 4 is 5.97 Å². The van der Waals surface area contributed by atoms with Crippen LogP contribution in [-0.2, 0) is 23.7 Å². The molecule has 0 amide bonds. The Morgan fingerprint density at radius 3 is 2.20 bits per heavy atom. The van der Waals surface area contributed by atoms with Gasteiger partial charge in [-0.05, 0) is 13.8 Å². The lowest BCUT2D eigenvalue weighted by Crippen LogP contribution is -2.36. The van der Waals surface area contributed by atoms with Crippen molar-refractivity contribution in [3.8, 4) is 0 Å². The van der Waals surface area contributed by atoms with Crippen LogP contribution in [0.1, 0.15) is 20.8 Å². The molecule has 0 aromatic carbocycles. The van der Waals surface area contributed by atoms with Crippen molar-refractivity contribution in [1.82, 2.24) is 0 Å². The first-order valence-electron chi connectivity index (χ1n) is 5.81. The van der Waals surface area contributed by atoms with Crippen LogP contribution < -0.4 is 0 Å². The fourth-order valence-electron chi connectivity index (χ4n) is 0.924. The molecule has 0 rings (SSSR count). The van der Waals surface area contributed by atoms with Crippen molar-refractivity contribution < 1.29 is 41.3 Å². The Morgan fingerprint density at radius 1 is 1.15 bits per heavy atom. The van der Waals surface area contributed by atoms with Crippen molar-refractivity contribution in [1.29, 1.82) is 0 Å². The number of rotatable bonds is 10. The summed E-state index contributed by atoms with van der Waals surface area (Å²) in [4.78, 5) is 10.5. The number of esters is 1. The summed E-state index contributed by atoms with van der Waals surface area (Å²) in [7, 11) is 0. The smallest absolute Gasteiger partial charge is 0.416 e. The number of carbonyl (C=O) groups is 1. The van der Waals surface area contributed by atoms with Crippen LogP contribution in [0.3, 0.4) is 0 Å². The number of carbonyl (C=O) groups excluding carboxylic acids is 1. The predicted octanol–water partition coefficient (Wildman–Crippen LogP) is 2.19. The number of ether oxygens (including phenoxy) is 4. The van der Waals surface area contributed by atoms with Gasteiger partial charge >= 0.3 is 18.5 Å². The molecule has 5 nitrogen and oxygen atoms in total. The van der Waals surface area contributed by atoms with Gasteiger partial charge in [-0.1, -0.05) is 0 Å². The molecule has 0 aliphatic heterocycles. The van der Waals surface area contributed by atoms with Crippen LogP contribution in [0.5, 0.6) is 0 Å². The average Bonchev–Trinajstić information content (AvgIpc) is 2.31. The van der Waals surface area contributed by atoms with Gasteiger partial charge in [0.1, 0.15) is 6.10 Å². The van der Waals surface area contributed by atoms with E-state index in [1.807, 2.05) is 0 Å². The van der Waals surface area contributed by atoms with E-state index < -0.39 is 38.0 Å². The van der Waals surface area contributed by atoms with Gasteiger partial charge in [-0.25, -0.2) is 8.78 Å². The van der Waals surface area contributed by atoms with Gasteiger partial charge in [0.15, 0.2) is 6.79 Å². The molecule has 120 valence electrons. The minimum atomic E-state index is -4.57. The van der Waals surface area contributed by atoms with Crippen LogP contribution in [0.4, 0.5) is 17.6 Å². The van der Waals surface area contributed by atoms with Crippen molar-refractivity contribution in [2.75, 3.05) is 20.0 Å². The average molecular weight is 306 g/mol. The number of alkyl halides is 4. The number of hydrogen-bond acceptors (Lipinski definition) is 5. The second-order valence-electron chi connectivity index (χ2n) is 4.10. The molecule has 1 atom stereocenters. The van der Waals surface area contributed by atoms with Gasteiger partial charge in [0, 0.05) is 6.92 Å². The third-order valence-corrected chi connectivity index (χ3v) is 1.90. The van der Waals surface area contributed by atoms with Crippen molar-refractivity contribution in [2.45, 2.75) is 45.5 Å². The van der Waals surface area contributed by atoms with E-state index in [1.165, 1.54) is 0 Å². The van der Waals surface area contributed by atoms with Crippen molar-refractivity contribution in [2.24, 2.45) is 0 Å². The normalized spacial score (nSPS) is 13.8. The fourth-order valence-corrected chi connectivity index (χ4v) is 0.924. The number of hydrogen-bond donors (Lipinski definition) is 0. The Balaban J connectivity index is 4.26. The Labute approximate surface area is 114 Å². The standard InChI is InChI=1S/C11H18F4O5/c1-7(2)17-4-9(19-6-18-8(3)16)5-20-11(14,15)10(12)13/h7,9-10H,4-6H2,1-3H3. The molecule has 9 heteroatoms. The highest BCUT2D eigenvalue weighted by Gasteiger charge is 2.42. The molecule has 0 aromatic rings.